The number of ketones is 1. The molecule has 9 nitrogen and oxygen atoms in total. The minimum absolute atomic E-state index is 0.110. The highest BCUT2D eigenvalue weighted by Gasteiger charge is 2.44. The van der Waals surface area contributed by atoms with E-state index in [1.54, 1.807) is 24.3 Å². The summed E-state index contributed by atoms with van der Waals surface area (Å²) in [7, 11) is 1.14. The molecular weight excluding hydrogens is 366 g/mol. The van der Waals surface area contributed by atoms with E-state index in [2.05, 4.69) is 15.4 Å². The lowest BCUT2D eigenvalue weighted by Crippen LogP contribution is -2.57. The second kappa shape index (κ2) is 8.12. The first kappa shape index (κ1) is 19.4. The number of carbonyl (C=O) groups excluding carboxylic acids is 4. The molecule has 1 saturated heterocycles. The first-order valence-electron chi connectivity index (χ1n) is 8.90. The summed E-state index contributed by atoms with van der Waals surface area (Å²) in [5.41, 5.74) is 0.109. The minimum Gasteiger partial charge on any atom is -0.494 e. The molecule has 3 rings (SSSR count). The van der Waals surface area contributed by atoms with Crippen molar-refractivity contribution in [2.75, 3.05) is 32.1 Å². The van der Waals surface area contributed by atoms with E-state index in [0.29, 0.717) is 31.1 Å². The highest BCUT2D eigenvalue weighted by atomic mass is 16.5. The maximum Gasteiger partial charge on any atom is 0.343 e. The molecule has 0 aliphatic carbocycles. The van der Waals surface area contributed by atoms with E-state index in [1.165, 1.54) is 4.90 Å². The summed E-state index contributed by atoms with van der Waals surface area (Å²) < 4.78 is 10.0. The average Bonchev–Trinajstić information content (AvgIpc) is 2.69. The number of methoxy groups -OCH3 is 1. The normalized spacial score (nSPS) is 18.9. The molecule has 2 N–H and O–H groups in total. The first-order valence-corrected chi connectivity index (χ1v) is 8.90. The van der Waals surface area contributed by atoms with Crippen molar-refractivity contribution in [2.24, 2.45) is 0 Å². The van der Waals surface area contributed by atoms with E-state index in [4.69, 9.17) is 4.74 Å². The molecule has 1 atom stereocenters. The van der Waals surface area contributed by atoms with Crippen molar-refractivity contribution in [3.05, 3.63) is 35.5 Å². The van der Waals surface area contributed by atoms with Gasteiger partial charge in [0, 0.05) is 25.2 Å². The fourth-order valence-electron chi connectivity index (χ4n) is 3.28. The van der Waals surface area contributed by atoms with E-state index in [9.17, 15) is 19.2 Å². The van der Waals surface area contributed by atoms with Gasteiger partial charge in [0.1, 0.15) is 23.1 Å². The summed E-state index contributed by atoms with van der Waals surface area (Å²) in [5, 5.41) is 5.34. The predicted molar refractivity (Wildman–Crippen MR) is 98.4 cm³/mol. The third kappa shape index (κ3) is 3.68. The van der Waals surface area contributed by atoms with E-state index in [0.717, 1.165) is 7.11 Å². The molecule has 1 aromatic rings. The molecule has 28 heavy (non-hydrogen) atoms. The molecule has 1 fully saturated rings. The van der Waals surface area contributed by atoms with Crippen LogP contribution in [0, 0.1) is 0 Å². The lowest BCUT2D eigenvalue weighted by Gasteiger charge is -2.40. The zero-order valence-corrected chi connectivity index (χ0v) is 15.6. The minimum atomic E-state index is -0.895. The molecule has 1 unspecified atom stereocenters. The fraction of sp³-hybridized carbons (Fsp3) is 0.368. The van der Waals surface area contributed by atoms with Gasteiger partial charge in [-0.2, -0.15) is 0 Å². The standard InChI is InChI=1S/C19H21N3O6/c1-3-28-12-6-4-11(5-7-12)21-17(24)13-10-14(23)15(19(26)27-2)16-18(25)20-8-9-22(13)16/h4-7,13H,3,8-10H2,1-2H3,(H,20,25)(H,21,24). The number of nitrogens with one attached hydrogen (secondary N) is 2. The predicted octanol–water partition coefficient (Wildman–Crippen LogP) is 0.224. The van der Waals surface area contributed by atoms with Crippen LogP contribution in [0.15, 0.2) is 35.5 Å². The molecule has 2 heterocycles. The van der Waals surface area contributed by atoms with E-state index in [-0.39, 0.29) is 17.7 Å². The number of hydrogen-bond acceptors (Lipinski definition) is 7. The van der Waals surface area contributed by atoms with Crippen LogP contribution in [-0.2, 0) is 23.9 Å². The number of benzene rings is 1. The van der Waals surface area contributed by atoms with Crippen molar-refractivity contribution >= 4 is 29.3 Å². The quantitative estimate of drug-likeness (QED) is 0.549. The number of ether oxygens (including phenoxy) is 2. The number of anilines is 1. The third-order valence-electron chi connectivity index (χ3n) is 4.54. The Morgan fingerprint density at radius 1 is 1.25 bits per heavy atom. The molecular formula is C19H21N3O6. The van der Waals surface area contributed by atoms with Crippen molar-refractivity contribution in [1.29, 1.82) is 0 Å². The van der Waals surface area contributed by atoms with E-state index >= 15 is 0 Å². The Hall–Kier alpha value is -3.36. The number of nitrogens with zero attached hydrogens (tertiary/aromatic N) is 1. The second-order valence-corrected chi connectivity index (χ2v) is 6.25. The van der Waals surface area contributed by atoms with Crippen molar-refractivity contribution in [3.63, 3.8) is 0 Å². The van der Waals surface area contributed by atoms with Crippen LogP contribution in [0.2, 0.25) is 0 Å². The molecule has 2 amide bonds. The van der Waals surface area contributed by atoms with Gasteiger partial charge in [0.2, 0.25) is 5.91 Å². The van der Waals surface area contributed by atoms with Crippen molar-refractivity contribution in [3.8, 4) is 5.75 Å². The number of amides is 2. The summed E-state index contributed by atoms with van der Waals surface area (Å²) in [5.74, 6) is -1.81. The van der Waals surface area contributed by atoms with Gasteiger partial charge < -0.3 is 25.0 Å². The van der Waals surface area contributed by atoms with Gasteiger partial charge in [0.15, 0.2) is 5.78 Å². The van der Waals surface area contributed by atoms with Crippen molar-refractivity contribution < 1.29 is 28.7 Å². The molecule has 2 aliphatic heterocycles. The number of piperazine rings is 1. The summed E-state index contributed by atoms with van der Waals surface area (Å²) >= 11 is 0. The van der Waals surface area contributed by atoms with E-state index in [1.807, 2.05) is 6.92 Å². The number of esters is 1. The van der Waals surface area contributed by atoms with Gasteiger partial charge in [-0.25, -0.2) is 4.79 Å². The van der Waals surface area contributed by atoms with Gasteiger partial charge in [0.25, 0.3) is 5.91 Å². The number of carbonyl (C=O) groups is 4. The van der Waals surface area contributed by atoms with Crippen molar-refractivity contribution in [2.45, 2.75) is 19.4 Å². The summed E-state index contributed by atoms with van der Waals surface area (Å²) in [4.78, 5) is 51.2. The number of fused-ring (bicyclic) bond motifs is 1. The van der Waals surface area contributed by atoms with Crippen LogP contribution in [0.1, 0.15) is 13.3 Å². The molecule has 9 heteroatoms. The van der Waals surface area contributed by atoms with Gasteiger partial charge >= 0.3 is 5.97 Å². The van der Waals surface area contributed by atoms with Crippen LogP contribution in [0.3, 0.4) is 0 Å². The fourth-order valence-corrected chi connectivity index (χ4v) is 3.28. The summed E-state index contributed by atoms with van der Waals surface area (Å²) in [6, 6.07) is 5.93. The molecule has 2 aliphatic rings. The highest BCUT2D eigenvalue weighted by molar-refractivity contribution is 6.24. The number of Topliss-reactive ketones (excluding diaryl/α,β-unsaturated/α-hetero) is 1. The Morgan fingerprint density at radius 3 is 2.61 bits per heavy atom. The summed E-state index contributed by atoms with van der Waals surface area (Å²) in [6.45, 7) is 3.01. The monoisotopic (exact) mass is 387 g/mol. The second-order valence-electron chi connectivity index (χ2n) is 6.25. The largest absolute Gasteiger partial charge is 0.494 e. The molecule has 148 valence electrons. The van der Waals surface area contributed by atoms with Crippen LogP contribution >= 0.6 is 0 Å². The van der Waals surface area contributed by atoms with Gasteiger partial charge in [-0.1, -0.05) is 0 Å². The topological polar surface area (TPSA) is 114 Å². The molecule has 0 spiro atoms. The van der Waals surface area contributed by atoms with Gasteiger partial charge in [-0.15, -0.1) is 0 Å². The zero-order valence-electron chi connectivity index (χ0n) is 15.6. The molecule has 1 aromatic carbocycles. The van der Waals surface area contributed by atoms with Crippen LogP contribution in [0.4, 0.5) is 5.69 Å². The van der Waals surface area contributed by atoms with Crippen molar-refractivity contribution in [1.82, 2.24) is 10.2 Å². The Bertz CT molecular complexity index is 846. The smallest absolute Gasteiger partial charge is 0.343 e. The summed E-state index contributed by atoms with van der Waals surface area (Å²) in [6.07, 6.45) is -0.218. The van der Waals surface area contributed by atoms with Gasteiger partial charge in [-0.05, 0) is 31.2 Å². The van der Waals surface area contributed by atoms with Crippen LogP contribution in [0.25, 0.3) is 0 Å². The lowest BCUT2D eigenvalue weighted by atomic mass is 9.92. The van der Waals surface area contributed by atoms with Gasteiger partial charge in [0.05, 0.1) is 13.7 Å². The van der Waals surface area contributed by atoms with E-state index < -0.39 is 29.6 Å². The van der Waals surface area contributed by atoms with Crippen LogP contribution in [0.5, 0.6) is 5.75 Å². The molecule has 0 bridgehead atoms. The SMILES string of the molecule is CCOc1ccc(NC(=O)C2CC(=O)C(C(=O)OC)=C3C(=O)NCCN32)cc1. The molecule has 0 radical (unpaired) electrons. The van der Waals surface area contributed by atoms with Gasteiger partial charge in [-0.3, -0.25) is 14.4 Å². The Kier molecular flexibility index (Phi) is 5.62. The Balaban J connectivity index is 1.85. The maximum absolute atomic E-state index is 12.8. The average molecular weight is 387 g/mol. The zero-order chi connectivity index (χ0) is 20.3. The first-order chi connectivity index (χ1) is 13.5. The molecule has 0 aromatic heterocycles. The lowest BCUT2D eigenvalue weighted by molar-refractivity contribution is -0.141. The number of hydrogen-bond donors (Lipinski definition) is 2. The Labute approximate surface area is 161 Å². The van der Waals surface area contributed by atoms with Crippen LogP contribution in [-0.4, -0.2) is 61.3 Å². The van der Waals surface area contributed by atoms with Crippen LogP contribution < -0.4 is 15.4 Å². The number of rotatable bonds is 5. The maximum atomic E-state index is 12.8. The third-order valence-corrected chi connectivity index (χ3v) is 4.54. The molecule has 0 saturated carbocycles. The highest BCUT2D eigenvalue weighted by Crippen LogP contribution is 2.28. The Morgan fingerprint density at radius 2 is 1.96 bits per heavy atom.